The average molecular weight is 824 g/mol. The molecule has 2 aromatic carbocycles. The molecule has 3 amide bonds. The van der Waals surface area contributed by atoms with Crippen LogP contribution in [0.25, 0.3) is 28.2 Å². The number of allylic oxidation sites excluding steroid dienone is 1. The number of sulfonamides is 1. The van der Waals surface area contributed by atoms with Crippen LogP contribution in [0.3, 0.4) is 0 Å². The zero-order valence-corrected chi connectivity index (χ0v) is 34.8. The minimum Gasteiger partial charge on any atom is -0.496 e. The van der Waals surface area contributed by atoms with Crippen molar-refractivity contribution in [2.24, 2.45) is 11.8 Å². The molecule has 3 aliphatic carbocycles. The predicted molar refractivity (Wildman–Crippen MR) is 228 cm³/mol. The van der Waals surface area contributed by atoms with Gasteiger partial charge in [0.25, 0.3) is 5.91 Å². The summed E-state index contributed by atoms with van der Waals surface area (Å²) in [5.74, 6) is -0.493. The minimum atomic E-state index is -3.86. The van der Waals surface area contributed by atoms with Crippen LogP contribution < -0.4 is 24.8 Å². The highest BCUT2D eigenvalue weighted by Crippen LogP contribution is 2.46. The molecule has 4 bridgehead atoms. The van der Waals surface area contributed by atoms with Crippen LogP contribution in [-0.4, -0.2) is 85.2 Å². The maximum atomic E-state index is 15.0. The van der Waals surface area contributed by atoms with Gasteiger partial charge in [0, 0.05) is 41.0 Å². The third-order valence-electron chi connectivity index (χ3n) is 12.9. The molecule has 1 aromatic heterocycles. The van der Waals surface area contributed by atoms with Gasteiger partial charge >= 0.3 is 0 Å². The van der Waals surface area contributed by atoms with E-state index in [0.29, 0.717) is 42.1 Å². The fourth-order valence-electron chi connectivity index (χ4n) is 9.28. The van der Waals surface area contributed by atoms with Gasteiger partial charge in [-0.05, 0) is 69.9 Å². The molecular formula is C46H57N5O7S. The molecule has 3 heterocycles. The fraction of sp³-hybridized carbons (Fsp3) is 0.522. The van der Waals surface area contributed by atoms with E-state index in [1.54, 1.807) is 18.1 Å². The molecule has 0 unspecified atom stereocenters. The first-order chi connectivity index (χ1) is 28.6. The largest absolute Gasteiger partial charge is 0.496 e. The number of pyridine rings is 1. The van der Waals surface area contributed by atoms with E-state index in [2.05, 4.69) is 34.1 Å². The number of carbonyl (C=O) groups excluding carboxylic acids is 3. The van der Waals surface area contributed by atoms with Crippen LogP contribution in [0.1, 0.15) is 95.5 Å². The van der Waals surface area contributed by atoms with Gasteiger partial charge in [-0.15, -0.1) is 6.58 Å². The molecule has 2 aliphatic heterocycles. The number of carbonyl (C=O) groups is 3. The van der Waals surface area contributed by atoms with Crippen molar-refractivity contribution in [1.82, 2.24) is 25.2 Å². The quantitative estimate of drug-likeness (QED) is 0.207. The van der Waals surface area contributed by atoms with Crippen molar-refractivity contribution in [1.29, 1.82) is 0 Å². The smallest absolute Gasteiger partial charge is 0.259 e. The molecule has 5 aliphatic rings. The Balaban J connectivity index is 1.17. The van der Waals surface area contributed by atoms with Gasteiger partial charge in [0.15, 0.2) is 0 Å². The summed E-state index contributed by atoms with van der Waals surface area (Å²) >= 11 is 0. The van der Waals surface area contributed by atoms with Crippen molar-refractivity contribution in [2.45, 2.75) is 119 Å². The Hall–Kier alpha value is -4.75. The van der Waals surface area contributed by atoms with Gasteiger partial charge in [-0.25, -0.2) is 13.4 Å². The van der Waals surface area contributed by atoms with Gasteiger partial charge in [-0.2, -0.15) is 0 Å². The topological polar surface area (TPSA) is 156 Å². The van der Waals surface area contributed by atoms with E-state index in [1.165, 1.54) is 0 Å². The molecule has 3 N–H and O–H groups in total. The average Bonchev–Trinajstić information content (AvgIpc) is 4.18. The Bertz CT molecular complexity index is 2200. The standard InChI is InChI=1S/C46H57N5O7S/c1-3-33-28-46(33,45(54)50-59(55,56)35-21-22-35)49-43(52)39-25-34-29-51(39)44(53)42(31-18-13-9-14-19-31)47-23-15-7-5-4-6-10-20-32-24-36-38(27-40(32)57-2)48-37(26-41(36)58-34)30-16-11-8-12-17-30/h3,8,10-12,16-17,20,24,26-27,31,33-35,39,42,47H,1,4-7,9,13-15,18-19,21-23,25,28-29H2,2H3,(H,49,52)(H,50,54)/t33-,34-,39+,42+,46-/m1/s1. The first-order valence-electron chi connectivity index (χ1n) is 21.6. The first kappa shape index (κ1) is 41.0. The van der Waals surface area contributed by atoms with E-state index < -0.39 is 56.7 Å². The summed E-state index contributed by atoms with van der Waals surface area (Å²) in [6, 6.07) is 14.3. The van der Waals surface area contributed by atoms with Crippen molar-refractivity contribution in [3.8, 4) is 22.8 Å². The highest BCUT2D eigenvalue weighted by atomic mass is 32.2. The molecule has 12 nitrogen and oxygen atoms in total. The molecule has 3 saturated carbocycles. The molecule has 0 spiro atoms. The van der Waals surface area contributed by atoms with E-state index in [4.69, 9.17) is 14.5 Å². The lowest BCUT2D eigenvalue weighted by atomic mass is 9.83. The molecule has 13 heteroatoms. The van der Waals surface area contributed by atoms with Gasteiger partial charge in [0.2, 0.25) is 21.8 Å². The van der Waals surface area contributed by atoms with Crippen LogP contribution >= 0.6 is 0 Å². The van der Waals surface area contributed by atoms with Crippen LogP contribution in [0.2, 0.25) is 0 Å². The summed E-state index contributed by atoms with van der Waals surface area (Å²) in [6.45, 7) is 4.70. The number of nitrogens with zero attached hydrogens (tertiary/aromatic N) is 2. The summed E-state index contributed by atoms with van der Waals surface area (Å²) < 4.78 is 40.8. The molecule has 5 atom stereocenters. The number of methoxy groups -OCH3 is 1. The molecule has 0 radical (unpaired) electrons. The number of aromatic nitrogens is 1. The Morgan fingerprint density at radius 3 is 2.51 bits per heavy atom. The minimum absolute atomic E-state index is 0.128. The van der Waals surface area contributed by atoms with Gasteiger partial charge in [0.1, 0.15) is 29.2 Å². The predicted octanol–water partition coefficient (Wildman–Crippen LogP) is 6.44. The van der Waals surface area contributed by atoms with Crippen molar-refractivity contribution in [3.63, 3.8) is 0 Å². The van der Waals surface area contributed by atoms with Crippen molar-refractivity contribution in [3.05, 3.63) is 72.8 Å². The van der Waals surface area contributed by atoms with E-state index in [0.717, 1.165) is 80.7 Å². The summed E-state index contributed by atoms with van der Waals surface area (Å²) in [5, 5.41) is 6.77. The van der Waals surface area contributed by atoms with Crippen LogP contribution in [-0.2, 0) is 24.4 Å². The number of amides is 3. The number of benzene rings is 2. The van der Waals surface area contributed by atoms with Crippen LogP contribution in [0.15, 0.2) is 67.3 Å². The zero-order chi connectivity index (χ0) is 41.1. The number of fused-ring (bicyclic) bond motifs is 3. The Labute approximate surface area is 347 Å². The van der Waals surface area contributed by atoms with Gasteiger partial charge in [-0.1, -0.05) is 80.7 Å². The molecule has 3 aromatic rings. The number of hydrogen-bond acceptors (Lipinski definition) is 9. The van der Waals surface area contributed by atoms with Gasteiger partial charge < -0.3 is 25.0 Å². The SMILES string of the molecule is C=C[C@@H]1C[C@]1(NC(=O)[C@@H]1C[C@@H]2CN1C(=O)[C@H](C1CCCCC1)NCCCCCCC=Cc1cc3c(cc(-c4ccccc4)nc3cc1OC)O2)C(=O)NS(=O)(=O)C1CC1. The Morgan fingerprint density at radius 1 is 1.02 bits per heavy atom. The Kier molecular flexibility index (Phi) is 12.1. The molecule has 4 fully saturated rings. The zero-order valence-electron chi connectivity index (χ0n) is 34.0. The summed E-state index contributed by atoms with van der Waals surface area (Å²) in [6.07, 6.45) is 16.7. The number of nitrogens with one attached hydrogen (secondary N) is 3. The lowest BCUT2D eigenvalue weighted by molar-refractivity contribution is -0.142. The monoisotopic (exact) mass is 823 g/mol. The lowest BCUT2D eigenvalue weighted by Crippen LogP contribution is -2.59. The molecular weight excluding hydrogens is 767 g/mol. The maximum Gasteiger partial charge on any atom is 0.259 e. The van der Waals surface area contributed by atoms with Crippen LogP contribution in [0.5, 0.6) is 11.5 Å². The molecule has 59 heavy (non-hydrogen) atoms. The second-order valence-corrected chi connectivity index (χ2v) is 19.0. The second-order valence-electron chi connectivity index (χ2n) is 17.1. The fourth-order valence-corrected chi connectivity index (χ4v) is 10.6. The Morgan fingerprint density at radius 2 is 1.78 bits per heavy atom. The number of hydrogen-bond donors (Lipinski definition) is 3. The van der Waals surface area contributed by atoms with E-state index in [-0.39, 0.29) is 31.2 Å². The second kappa shape index (κ2) is 17.5. The highest BCUT2D eigenvalue weighted by molar-refractivity contribution is 7.91. The highest BCUT2D eigenvalue weighted by Gasteiger charge is 2.62. The normalized spacial score (nSPS) is 26.9. The molecule has 1 saturated heterocycles. The number of rotatable bonds is 9. The lowest BCUT2D eigenvalue weighted by Gasteiger charge is -2.35. The van der Waals surface area contributed by atoms with Gasteiger partial charge in [0.05, 0.1) is 36.2 Å². The summed E-state index contributed by atoms with van der Waals surface area (Å²) in [5.41, 5.74) is 1.71. The van der Waals surface area contributed by atoms with Crippen molar-refractivity contribution >= 4 is 44.7 Å². The third kappa shape index (κ3) is 8.92. The van der Waals surface area contributed by atoms with Gasteiger partial charge in [-0.3, -0.25) is 19.1 Å². The maximum absolute atomic E-state index is 15.0. The molecule has 314 valence electrons. The first-order valence-corrected chi connectivity index (χ1v) is 23.1. The van der Waals surface area contributed by atoms with E-state index in [9.17, 15) is 18.0 Å². The van der Waals surface area contributed by atoms with Crippen molar-refractivity contribution < 1.29 is 32.3 Å². The summed E-state index contributed by atoms with van der Waals surface area (Å²) in [7, 11) is -2.21. The number of ether oxygens (including phenoxy) is 2. The molecule has 8 rings (SSSR count). The van der Waals surface area contributed by atoms with E-state index >= 15 is 4.79 Å². The van der Waals surface area contributed by atoms with Crippen molar-refractivity contribution in [2.75, 3.05) is 20.2 Å². The van der Waals surface area contributed by atoms with E-state index in [1.807, 2.05) is 48.5 Å². The van der Waals surface area contributed by atoms with Crippen LogP contribution in [0, 0.1) is 11.8 Å². The third-order valence-corrected chi connectivity index (χ3v) is 14.7. The summed E-state index contributed by atoms with van der Waals surface area (Å²) in [4.78, 5) is 50.1. The van der Waals surface area contributed by atoms with Crippen LogP contribution in [0.4, 0.5) is 0 Å².